The van der Waals surface area contributed by atoms with E-state index < -0.39 is 11.9 Å². The van der Waals surface area contributed by atoms with Crippen LogP contribution in [0.25, 0.3) is 0 Å². The van der Waals surface area contributed by atoms with E-state index in [-0.39, 0.29) is 24.0 Å². The van der Waals surface area contributed by atoms with Crippen molar-refractivity contribution in [3.05, 3.63) is 81.4 Å². The molecular weight excluding hydrogens is 438 g/mol. The maximum atomic E-state index is 12.9. The zero-order valence-electron chi connectivity index (χ0n) is 18.2. The number of nitrogens with one attached hydrogen (secondary N) is 1. The summed E-state index contributed by atoms with van der Waals surface area (Å²) < 4.78 is 4.72. The van der Waals surface area contributed by atoms with Gasteiger partial charge in [-0.05, 0) is 35.2 Å². The van der Waals surface area contributed by atoms with E-state index >= 15 is 0 Å². The average molecular weight is 462 g/mol. The number of allylic oxidation sites excluding steroid dienone is 1. The molecule has 2 aromatic rings. The Morgan fingerprint density at radius 3 is 2.61 bits per heavy atom. The summed E-state index contributed by atoms with van der Waals surface area (Å²) in [7, 11) is 1.31. The zero-order valence-corrected chi connectivity index (χ0v) is 19.0. The third-order valence-corrected chi connectivity index (χ3v) is 6.92. The molecule has 2 heterocycles. The molecule has 4 rings (SSSR count). The van der Waals surface area contributed by atoms with E-state index in [0.29, 0.717) is 29.3 Å². The number of hydrogen-bond acceptors (Lipinski definition) is 6. The molecule has 0 saturated carbocycles. The Labute approximate surface area is 196 Å². The second kappa shape index (κ2) is 9.92. The summed E-state index contributed by atoms with van der Waals surface area (Å²) in [6.45, 7) is 1.23. The van der Waals surface area contributed by atoms with Crippen molar-refractivity contribution < 1.29 is 19.1 Å². The van der Waals surface area contributed by atoms with Crippen LogP contribution in [-0.4, -0.2) is 42.1 Å². The molecule has 0 aliphatic carbocycles. The monoisotopic (exact) mass is 461 g/mol. The van der Waals surface area contributed by atoms with Crippen LogP contribution in [-0.2, 0) is 27.3 Å². The summed E-state index contributed by atoms with van der Waals surface area (Å²) in [5.74, 6) is -0.989. The number of hydrogen-bond donors (Lipinski definition) is 1. The highest BCUT2D eigenvalue weighted by atomic mass is 32.2. The topological polar surface area (TPSA) is 99.5 Å². The van der Waals surface area contributed by atoms with Crippen LogP contribution in [0.3, 0.4) is 0 Å². The molecule has 168 valence electrons. The van der Waals surface area contributed by atoms with Crippen molar-refractivity contribution in [3.8, 4) is 6.07 Å². The van der Waals surface area contributed by atoms with Gasteiger partial charge >= 0.3 is 5.97 Å². The number of fused-ring (bicyclic) bond motifs is 1. The van der Waals surface area contributed by atoms with Crippen molar-refractivity contribution in [2.45, 2.75) is 25.3 Å². The van der Waals surface area contributed by atoms with Crippen molar-refractivity contribution in [2.24, 2.45) is 0 Å². The molecular formula is C25H23N3O4S. The lowest BCUT2D eigenvalue weighted by molar-refractivity contribution is -0.129. The van der Waals surface area contributed by atoms with Crippen LogP contribution in [0.5, 0.6) is 0 Å². The van der Waals surface area contributed by atoms with E-state index in [4.69, 9.17) is 4.74 Å². The number of carbonyl (C=O) groups excluding carboxylic acids is 3. The molecule has 0 aromatic heterocycles. The van der Waals surface area contributed by atoms with E-state index in [1.54, 1.807) is 24.3 Å². The number of methoxy groups -OCH3 is 1. The largest absolute Gasteiger partial charge is 0.465 e. The van der Waals surface area contributed by atoms with E-state index in [2.05, 4.69) is 17.5 Å². The Kier molecular flexibility index (Phi) is 6.80. The summed E-state index contributed by atoms with van der Waals surface area (Å²) in [5, 5.41) is 13.0. The van der Waals surface area contributed by atoms with Gasteiger partial charge in [0.25, 0.3) is 0 Å². The molecule has 0 unspecified atom stereocenters. The first-order valence-electron chi connectivity index (χ1n) is 10.6. The molecule has 7 nitrogen and oxygen atoms in total. The highest BCUT2D eigenvalue weighted by Crippen LogP contribution is 2.36. The number of amides is 2. The van der Waals surface area contributed by atoms with Crippen molar-refractivity contribution in [3.63, 3.8) is 0 Å². The molecule has 2 aromatic carbocycles. The van der Waals surface area contributed by atoms with Crippen molar-refractivity contribution in [2.75, 3.05) is 19.4 Å². The molecule has 1 atom stereocenters. The van der Waals surface area contributed by atoms with E-state index in [0.717, 1.165) is 17.5 Å². The Morgan fingerprint density at radius 2 is 1.91 bits per heavy atom. The number of nitriles is 1. The second-order valence-electron chi connectivity index (χ2n) is 7.90. The number of rotatable bonds is 5. The van der Waals surface area contributed by atoms with Gasteiger partial charge in [0.15, 0.2) is 0 Å². The maximum Gasteiger partial charge on any atom is 0.337 e. The highest BCUT2D eigenvalue weighted by Gasteiger charge is 2.30. The molecule has 0 saturated heterocycles. The van der Waals surface area contributed by atoms with Crippen LogP contribution in [0.1, 0.15) is 39.4 Å². The molecule has 2 aliphatic heterocycles. The molecule has 33 heavy (non-hydrogen) atoms. The van der Waals surface area contributed by atoms with Crippen LogP contribution in [0.2, 0.25) is 0 Å². The summed E-state index contributed by atoms with van der Waals surface area (Å²) in [6, 6.07) is 17.0. The Morgan fingerprint density at radius 1 is 1.18 bits per heavy atom. The fourth-order valence-electron chi connectivity index (χ4n) is 4.12. The first kappa shape index (κ1) is 22.6. The fourth-order valence-corrected chi connectivity index (χ4v) is 5.10. The first-order valence-corrected chi connectivity index (χ1v) is 11.6. The van der Waals surface area contributed by atoms with Gasteiger partial charge in [0.2, 0.25) is 11.8 Å². The van der Waals surface area contributed by atoms with Crippen LogP contribution < -0.4 is 5.32 Å². The number of ether oxygens (including phenoxy) is 1. The van der Waals surface area contributed by atoms with Gasteiger partial charge in [-0.1, -0.05) is 48.2 Å². The van der Waals surface area contributed by atoms with Gasteiger partial charge in [0.1, 0.15) is 0 Å². The zero-order chi connectivity index (χ0) is 23.4. The third-order valence-electron chi connectivity index (χ3n) is 5.91. The molecule has 0 fully saturated rings. The lowest BCUT2D eigenvalue weighted by atomic mass is 9.87. The lowest BCUT2D eigenvalue weighted by Crippen LogP contribution is -2.37. The number of thioether (sulfide) groups is 1. The fraction of sp³-hybridized carbons (Fsp3) is 0.280. The van der Waals surface area contributed by atoms with Gasteiger partial charge < -0.3 is 15.0 Å². The number of esters is 1. The number of nitrogens with zero attached hydrogens (tertiary/aromatic N) is 2. The quantitative estimate of drug-likeness (QED) is 0.687. The lowest BCUT2D eigenvalue weighted by Gasteiger charge is -2.29. The van der Waals surface area contributed by atoms with Gasteiger partial charge in [-0.15, -0.1) is 0 Å². The average Bonchev–Trinajstić information content (AvgIpc) is 2.86. The van der Waals surface area contributed by atoms with E-state index in [1.165, 1.54) is 24.4 Å². The smallest absolute Gasteiger partial charge is 0.337 e. The minimum absolute atomic E-state index is 0.0295. The Bertz CT molecular complexity index is 1170. The SMILES string of the molecule is COC(=O)c1ccc([C@H]2CC(=O)NC(SCC(=O)N3CCc4ccccc4C3)=C2C#N)cc1. The molecule has 0 radical (unpaired) electrons. The van der Waals surface area contributed by atoms with Crippen molar-refractivity contribution >= 4 is 29.5 Å². The van der Waals surface area contributed by atoms with Crippen LogP contribution in [0.15, 0.2) is 59.1 Å². The minimum atomic E-state index is -0.450. The Hall–Kier alpha value is -3.57. The number of benzene rings is 2. The third kappa shape index (κ3) is 4.94. The normalized spacial score (nSPS) is 17.6. The summed E-state index contributed by atoms with van der Waals surface area (Å²) in [5.41, 5.74) is 3.99. The summed E-state index contributed by atoms with van der Waals surface area (Å²) >= 11 is 1.19. The van der Waals surface area contributed by atoms with E-state index in [1.807, 2.05) is 23.1 Å². The molecule has 2 aliphatic rings. The van der Waals surface area contributed by atoms with Crippen LogP contribution >= 0.6 is 11.8 Å². The second-order valence-corrected chi connectivity index (χ2v) is 8.88. The van der Waals surface area contributed by atoms with Gasteiger partial charge in [-0.3, -0.25) is 9.59 Å². The van der Waals surface area contributed by atoms with Crippen molar-refractivity contribution in [1.82, 2.24) is 10.2 Å². The van der Waals surface area contributed by atoms with Crippen LogP contribution in [0.4, 0.5) is 0 Å². The summed E-state index contributed by atoms with van der Waals surface area (Å²) in [4.78, 5) is 38.7. The van der Waals surface area contributed by atoms with Gasteiger partial charge in [0.05, 0.1) is 35.1 Å². The highest BCUT2D eigenvalue weighted by molar-refractivity contribution is 8.03. The molecule has 1 N–H and O–H groups in total. The number of carbonyl (C=O) groups is 3. The predicted octanol–water partition coefficient (Wildman–Crippen LogP) is 3.13. The van der Waals surface area contributed by atoms with Gasteiger partial charge in [-0.25, -0.2) is 4.79 Å². The molecule has 8 heteroatoms. The van der Waals surface area contributed by atoms with Crippen LogP contribution in [0, 0.1) is 11.3 Å². The molecule has 0 bridgehead atoms. The summed E-state index contributed by atoms with van der Waals surface area (Å²) in [6.07, 6.45) is 0.945. The van der Waals surface area contributed by atoms with Crippen molar-refractivity contribution in [1.29, 1.82) is 5.26 Å². The minimum Gasteiger partial charge on any atom is -0.465 e. The predicted molar refractivity (Wildman–Crippen MR) is 124 cm³/mol. The first-order chi connectivity index (χ1) is 16.0. The molecule has 2 amide bonds. The molecule has 0 spiro atoms. The standard InChI is InChI=1S/C25H23N3O4S/c1-32-25(31)18-8-6-17(7-9-18)20-12-22(29)27-24(21(20)13-26)33-15-23(30)28-11-10-16-4-2-3-5-19(16)14-28/h2-9,20H,10-12,14-15H2,1H3,(H,27,29)/t20-/m1/s1. The van der Waals surface area contributed by atoms with Gasteiger partial charge in [0, 0.05) is 25.4 Å². The Balaban J connectivity index is 1.48. The van der Waals surface area contributed by atoms with E-state index in [9.17, 15) is 19.6 Å². The maximum absolute atomic E-state index is 12.9. The van der Waals surface area contributed by atoms with Gasteiger partial charge in [-0.2, -0.15) is 5.26 Å².